The Morgan fingerprint density at radius 3 is 2.33 bits per heavy atom. The number of aliphatic hydroxyl groups excluding tert-OH is 4. The van der Waals surface area contributed by atoms with Gasteiger partial charge in [0.05, 0.1) is 12.0 Å². The molecule has 0 amide bonds. The fourth-order valence-corrected chi connectivity index (χ4v) is 4.25. The summed E-state index contributed by atoms with van der Waals surface area (Å²) in [7, 11) is 0. The summed E-state index contributed by atoms with van der Waals surface area (Å²) in [4.78, 5) is 11.3. The van der Waals surface area contributed by atoms with Crippen LogP contribution in [0.3, 0.4) is 0 Å². The van der Waals surface area contributed by atoms with Crippen molar-refractivity contribution in [3.05, 3.63) is 69.7 Å². The first-order valence-corrected chi connectivity index (χ1v) is 10.4. The molecule has 0 bridgehead atoms. The summed E-state index contributed by atoms with van der Waals surface area (Å²) in [6.07, 6.45) is -2.68. The predicted molar refractivity (Wildman–Crippen MR) is 110 cm³/mol. The Balaban J connectivity index is 1.55. The van der Waals surface area contributed by atoms with E-state index >= 15 is 0 Å². The van der Waals surface area contributed by atoms with Crippen molar-refractivity contribution in [3.63, 3.8) is 0 Å². The molecule has 1 saturated heterocycles. The van der Waals surface area contributed by atoms with E-state index in [1.807, 2.05) is 24.3 Å². The first kappa shape index (κ1) is 21.4. The summed E-state index contributed by atoms with van der Waals surface area (Å²) in [5.41, 5.74) is 3.16. The quantitative estimate of drug-likeness (QED) is 0.517. The van der Waals surface area contributed by atoms with Crippen molar-refractivity contribution in [1.82, 2.24) is 0 Å². The van der Waals surface area contributed by atoms with Gasteiger partial charge in [-0.2, -0.15) is 0 Å². The van der Waals surface area contributed by atoms with Crippen molar-refractivity contribution in [3.8, 4) is 0 Å². The summed E-state index contributed by atoms with van der Waals surface area (Å²) >= 11 is 6.39. The topological polar surface area (TPSA) is 107 Å². The van der Waals surface area contributed by atoms with E-state index in [4.69, 9.17) is 16.3 Å². The zero-order valence-electron chi connectivity index (χ0n) is 16.3. The van der Waals surface area contributed by atoms with Crippen LogP contribution in [-0.4, -0.2) is 57.7 Å². The Kier molecular flexibility index (Phi) is 5.99. The molecule has 5 atom stereocenters. The zero-order valence-corrected chi connectivity index (χ0v) is 17.1. The number of carbonyl (C=O) groups excluding carboxylic acids is 1. The molecule has 4 N–H and O–H groups in total. The summed E-state index contributed by atoms with van der Waals surface area (Å²) in [6, 6.07) is 13.1. The van der Waals surface area contributed by atoms with Crippen LogP contribution in [0.15, 0.2) is 42.5 Å². The van der Waals surface area contributed by atoms with Gasteiger partial charge in [-0.05, 0) is 47.6 Å². The Labute approximate surface area is 179 Å². The molecule has 0 unspecified atom stereocenters. The van der Waals surface area contributed by atoms with Crippen LogP contribution in [0.2, 0.25) is 5.02 Å². The normalized spacial score (nSPS) is 30.1. The first-order chi connectivity index (χ1) is 14.4. The number of ether oxygens (including phenoxy) is 1. The average Bonchev–Trinajstić information content (AvgIpc) is 3.56. The molecule has 1 heterocycles. The van der Waals surface area contributed by atoms with Crippen molar-refractivity contribution in [2.75, 3.05) is 6.61 Å². The van der Waals surface area contributed by atoms with E-state index in [0.717, 1.165) is 35.8 Å². The SMILES string of the molecule is O=CC1(c2ccc(Cc3cc([C@H]4O[C@H](CO)[C@H](O)[C@H](O)[C@H]4O)ccc3Cl)cc2)CC1. The highest BCUT2D eigenvalue weighted by Gasteiger charge is 2.45. The van der Waals surface area contributed by atoms with Gasteiger partial charge in [0.2, 0.25) is 0 Å². The van der Waals surface area contributed by atoms with Crippen molar-refractivity contribution >= 4 is 17.9 Å². The molecule has 0 spiro atoms. The molecule has 1 saturated carbocycles. The minimum absolute atomic E-state index is 0.306. The van der Waals surface area contributed by atoms with Gasteiger partial charge in [-0.1, -0.05) is 48.0 Å². The second-order valence-electron chi connectivity index (χ2n) is 8.25. The molecule has 1 aliphatic carbocycles. The van der Waals surface area contributed by atoms with Crippen molar-refractivity contribution in [2.45, 2.75) is 55.2 Å². The van der Waals surface area contributed by atoms with E-state index < -0.39 is 37.1 Å². The number of carbonyl (C=O) groups is 1. The van der Waals surface area contributed by atoms with Gasteiger partial charge in [-0.25, -0.2) is 0 Å². The Bertz CT molecular complexity index is 908. The van der Waals surface area contributed by atoms with Crippen LogP contribution < -0.4 is 0 Å². The number of aldehydes is 1. The molecule has 0 aromatic heterocycles. The minimum atomic E-state index is -1.43. The maximum absolute atomic E-state index is 11.3. The van der Waals surface area contributed by atoms with Crippen LogP contribution in [0.5, 0.6) is 0 Å². The van der Waals surface area contributed by atoms with Crippen LogP contribution in [0.1, 0.15) is 41.2 Å². The lowest BCUT2D eigenvalue weighted by Gasteiger charge is -2.40. The molecule has 160 valence electrons. The number of benzene rings is 2. The van der Waals surface area contributed by atoms with Crippen LogP contribution >= 0.6 is 11.6 Å². The van der Waals surface area contributed by atoms with Gasteiger partial charge in [0.25, 0.3) is 0 Å². The van der Waals surface area contributed by atoms with Gasteiger partial charge in [0.1, 0.15) is 36.8 Å². The largest absolute Gasteiger partial charge is 0.394 e. The lowest BCUT2D eigenvalue weighted by atomic mass is 9.90. The molecule has 2 aliphatic rings. The molecule has 1 aliphatic heterocycles. The van der Waals surface area contributed by atoms with Gasteiger partial charge in [-0.15, -0.1) is 0 Å². The highest BCUT2D eigenvalue weighted by molar-refractivity contribution is 6.31. The average molecular weight is 433 g/mol. The summed E-state index contributed by atoms with van der Waals surface area (Å²) < 4.78 is 5.65. The van der Waals surface area contributed by atoms with Gasteiger partial charge in [0.15, 0.2) is 0 Å². The fourth-order valence-electron chi connectivity index (χ4n) is 4.07. The molecule has 30 heavy (non-hydrogen) atoms. The van der Waals surface area contributed by atoms with Gasteiger partial charge in [0, 0.05) is 5.02 Å². The molecule has 2 aromatic rings. The lowest BCUT2D eigenvalue weighted by molar-refractivity contribution is -0.231. The maximum atomic E-state index is 11.3. The lowest BCUT2D eigenvalue weighted by Crippen LogP contribution is -2.55. The molecule has 0 radical (unpaired) electrons. The minimum Gasteiger partial charge on any atom is -0.394 e. The molecule has 2 fully saturated rings. The van der Waals surface area contributed by atoms with Crippen LogP contribution in [0.25, 0.3) is 0 Å². The van der Waals surface area contributed by atoms with E-state index in [9.17, 15) is 25.2 Å². The Morgan fingerprint density at radius 1 is 1.03 bits per heavy atom. The number of hydrogen-bond acceptors (Lipinski definition) is 6. The molecule has 7 heteroatoms. The third-order valence-corrected chi connectivity index (χ3v) is 6.60. The number of hydrogen-bond donors (Lipinski definition) is 4. The van der Waals surface area contributed by atoms with Crippen LogP contribution in [0.4, 0.5) is 0 Å². The van der Waals surface area contributed by atoms with E-state index in [2.05, 4.69) is 0 Å². The monoisotopic (exact) mass is 432 g/mol. The highest BCUT2D eigenvalue weighted by Crippen LogP contribution is 2.46. The first-order valence-electron chi connectivity index (χ1n) is 10.0. The van der Waals surface area contributed by atoms with Crippen molar-refractivity contribution in [1.29, 1.82) is 0 Å². The van der Waals surface area contributed by atoms with E-state index in [-0.39, 0.29) is 5.41 Å². The third kappa shape index (κ3) is 3.91. The van der Waals surface area contributed by atoms with Crippen molar-refractivity contribution in [2.24, 2.45) is 0 Å². The van der Waals surface area contributed by atoms with Gasteiger partial charge < -0.3 is 30.0 Å². The Hall–Kier alpha value is -1.80. The number of aliphatic hydroxyl groups is 4. The van der Waals surface area contributed by atoms with Crippen molar-refractivity contribution < 1.29 is 30.0 Å². The standard InChI is InChI=1S/C23H25ClO6/c24-17-6-3-14(22-21(29)20(28)19(27)18(11-25)30-22)10-15(17)9-13-1-4-16(5-2-13)23(12-26)7-8-23/h1-6,10,12,18-22,25,27-29H,7-9,11H2/t18-,19+,20+,21-,22-/m1/s1. The smallest absolute Gasteiger partial charge is 0.130 e. The summed E-state index contributed by atoms with van der Waals surface area (Å²) in [6.45, 7) is -0.476. The zero-order chi connectivity index (χ0) is 21.5. The molecule has 4 rings (SSSR count). The number of rotatable bonds is 6. The van der Waals surface area contributed by atoms with Crippen LogP contribution in [-0.2, 0) is 21.4 Å². The van der Waals surface area contributed by atoms with Gasteiger partial charge in [-0.3, -0.25) is 0 Å². The van der Waals surface area contributed by atoms with E-state index in [1.165, 1.54) is 0 Å². The highest BCUT2D eigenvalue weighted by atomic mass is 35.5. The Morgan fingerprint density at radius 2 is 1.73 bits per heavy atom. The fraction of sp³-hybridized carbons (Fsp3) is 0.435. The molecule has 6 nitrogen and oxygen atoms in total. The number of halogens is 1. The summed E-state index contributed by atoms with van der Waals surface area (Å²) in [5, 5.41) is 40.4. The maximum Gasteiger partial charge on any atom is 0.130 e. The third-order valence-electron chi connectivity index (χ3n) is 6.23. The van der Waals surface area contributed by atoms with E-state index in [0.29, 0.717) is 17.0 Å². The molecule has 2 aromatic carbocycles. The molecular formula is C23H25ClO6. The van der Waals surface area contributed by atoms with Gasteiger partial charge >= 0.3 is 0 Å². The second kappa shape index (κ2) is 8.38. The molecular weight excluding hydrogens is 408 g/mol. The second-order valence-corrected chi connectivity index (χ2v) is 8.66. The summed E-state index contributed by atoms with van der Waals surface area (Å²) in [5.74, 6) is 0. The predicted octanol–water partition coefficient (Wildman–Crippen LogP) is 1.68. The van der Waals surface area contributed by atoms with Crippen LogP contribution in [0, 0.1) is 0 Å². The van der Waals surface area contributed by atoms with E-state index in [1.54, 1.807) is 18.2 Å².